The van der Waals surface area contributed by atoms with Crippen LogP contribution in [0.1, 0.15) is 43.4 Å². The van der Waals surface area contributed by atoms with Gasteiger partial charge in [0.25, 0.3) is 0 Å². The van der Waals surface area contributed by atoms with E-state index in [0.717, 1.165) is 0 Å². The van der Waals surface area contributed by atoms with Crippen LogP contribution in [0, 0.1) is 0 Å². The van der Waals surface area contributed by atoms with E-state index in [2.05, 4.69) is 30.9 Å². The van der Waals surface area contributed by atoms with E-state index >= 15 is 0 Å². The molecule has 16 heteroatoms. The molecule has 0 radical (unpaired) electrons. The Morgan fingerprint density at radius 3 is 2.05 bits per heavy atom. The molecule has 4 atom stereocenters. The van der Waals surface area contributed by atoms with Gasteiger partial charge in [0.15, 0.2) is 5.96 Å². The summed E-state index contributed by atoms with van der Waals surface area (Å²) in [5.74, 6) is -3.38. The molecule has 0 aliphatic heterocycles. The zero-order valence-corrected chi connectivity index (χ0v) is 23.9. The van der Waals surface area contributed by atoms with E-state index in [1.165, 1.54) is 36.8 Å². The van der Waals surface area contributed by atoms with Crippen molar-refractivity contribution in [3.8, 4) is 5.75 Å². The molecule has 16 nitrogen and oxygen atoms in total. The predicted octanol–water partition coefficient (Wildman–Crippen LogP) is -2.05. The number of nitrogens with zero attached hydrogens (tertiary/aromatic N) is 2. The van der Waals surface area contributed by atoms with Crippen LogP contribution in [0.4, 0.5) is 0 Å². The number of aromatic nitrogens is 2. The zero-order valence-electron chi connectivity index (χ0n) is 23.9. The van der Waals surface area contributed by atoms with Crippen molar-refractivity contribution in [1.29, 1.82) is 0 Å². The molecule has 0 aliphatic rings. The van der Waals surface area contributed by atoms with E-state index in [1.54, 1.807) is 0 Å². The van der Waals surface area contributed by atoms with Gasteiger partial charge in [-0.15, -0.1) is 0 Å². The van der Waals surface area contributed by atoms with Gasteiger partial charge in [0.1, 0.15) is 23.9 Å². The van der Waals surface area contributed by atoms with E-state index < -0.39 is 47.9 Å². The van der Waals surface area contributed by atoms with Crippen molar-refractivity contribution in [1.82, 2.24) is 25.9 Å². The summed E-state index contributed by atoms with van der Waals surface area (Å²) in [5.41, 5.74) is 23.6. The fraction of sp³-hybridized carbons (Fsp3) is 0.481. The number of aromatic amines is 1. The smallest absolute Gasteiger partial charge is 0.326 e. The van der Waals surface area contributed by atoms with Crippen molar-refractivity contribution >= 4 is 29.7 Å². The number of nitrogens with two attached hydrogens (primary N) is 4. The van der Waals surface area contributed by atoms with Gasteiger partial charge in [-0.3, -0.25) is 19.4 Å². The van der Waals surface area contributed by atoms with Crippen LogP contribution in [0.25, 0.3) is 0 Å². The first kappa shape index (κ1) is 34.5. The van der Waals surface area contributed by atoms with Crippen LogP contribution in [0.2, 0.25) is 0 Å². The highest BCUT2D eigenvalue weighted by Gasteiger charge is 2.30. The normalized spacial score (nSPS) is 13.6. The standard InChI is InChI=1S/C27H42N10O6/c28-10-2-1-4-20(35-23(39)19(29)13-17-14-32-15-34-17)24(40)36-21(5-3-11-33-27(30)31)25(41)37-22(26(42)43)12-16-6-8-18(38)9-7-16/h6-9,14-15,19-22,38H,1-5,10-13,28-29H2,(H,32,34)(H,35,39)(H,36,40)(H,37,41)(H,42,43)(H4,30,31,33). The molecule has 0 fully saturated rings. The van der Waals surface area contributed by atoms with Crippen LogP contribution < -0.4 is 38.9 Å². The minimum atomic E-state index is -1.32. The molecular weight excluding hydrogens is 560 g/mol. The third kappa shape index (κ3) is 12.8. The lowest BCUT2D eigenvalue weighted by Gasteiger charge is -2.25. The zero-order chi connectivity index (χ0) is 31.8. The number of phenols is 1. The van der Waals surface area contributed by atoms with Crippen molar-refractivity contribution in [3.63, 3.8) is 0 Å². The number of guanidine groups is 1. The summed E-state index contributed by atoms with van der Waals surface area (Å²) in [6.45, 7) is 0.548. The average molecular weight is 603 g/mol. The minimum absolute atomic E-state index is 0.0126. The first-order chi connectivity index (χ1) is 20.5. The summed E-state index contributed by atoms with van der Waals surface area (Å²) < 4.78 is 0. The number of carboxylic acids is 1. The molecule has 2 rings (SSSR count). The first-order valence-electron chi connectivity index (χ1n) is 13.9. The van der Waals surface area contributed by atoms with Crippen molar-refractivity contribution in [2.45, 2.75) is 69.1 Å². The Morgan fingerprint density at radius 1 is 0.884 bits per heavy atom. The number of carbonyl (C=O) groups is 4. The summed E-state index contributed by atoms with van der Waals surface area (Å²) in [6, 6.07) is 1.39. The Bertz CT molecular complexity index is 1200. The third-order valence-electron chi connectivity index (χ3n) is 6.48. The number of hydrogen-bond acceptors (Lipinski definition) is 9. The van der Waals surface area contributed by atoms with Gasteiger partial charge in [0.2, 0.25) is 17.7 Å². The minimum Gasteiger partial charge on any atom is -0.508 e. The van der Waals surface area contributed by atoms with E-state index in [0.29, 0.717) is 30.6 Å². The Labute approximate surface area is 249 Å². The Hall–Kier alpha value is -4.70. The maximum Gasteiger partial charge on any atom is 0.326 e. The molecule has 0 saturated heterocycles. The fourth-order valence-electron chi connectivity index (χ4n) is 4.15. The molecule has 0 aliphatic carbocycles. The lowest BCUT2D eigenvalue weighted by atomic mass is 10.0. The van der Waals surface area contributed by atoms with Crippen molar-refractivity contribution < 1.29 is 29.4 Å². The maximum absolute atomic E-state index is 13.4. The van der Waals surface area contributed by atoms with E-state index in [1.807, 2.05) is 0 Å². The number of imidazole rings is 1. The number of aliphatic imine (C=N–C) groups is 1. The summed E-state index contributed by atoms with van der Waals surface area (Å²) in [7, 11) is 0. The van der Waals surface area contributed by atoms with Crippen LogP contribution in [0.5, 0.6) is 5.75 Å². The molecule has 4 unspecified atom stereocenters. The van der Waals surface area contributed by atoms with Gasteiger partial charge in [-0.2, -0.15) is 0 Å². The highest BCUT2D eigenvalue weighted by Crippen LogP contribution is 2.12. The lowest BCUT2D eigenvalue weighted by Crippen LogP contribution is -2.57. The van der Waals surface area contributed by atoms with E-state index in [4.69, 9.17) is 22.9 Å². The first-order valence-corrected chi connectivity index (χ1v) is 13.9. The van der Waals surface area contributed by atoms with Gasteiger partial charge < -0.3 is 54.1 Å². The monoisotopic (exact) mass is 602 g/mol. The number of carbonyl (C=O) groups excluding carboxylic acids is 3. The van der Waals surface area contributed by atoms with E-state index in [-0.39, 0.29) is 50.4 Å². The molecule has 0 saturated carbocycles. The summed E-state index contributed by atoms with van der Waals surface area (Å²) in [6.07, 6.45) is 4.79. The summed E-state index contributed by atoms with van der Waals surface area (Å²) >= 11 is 0. The number of phenolic OH excluding ortho intramolecular Hbond substituents is 1. The Morgan fingerprint density at radius 2 is 1.49 bits per heavy atom. The SMILES string of the molecule is NCCCCC(NC(=O)C(N)Cc1cnc[nH]1)C(=O)NC(CCCN=C(N)N)C(=O)NC(Cc1ccc(O)cc1)C(=O)O. The molecule has 0 bridgehead atoms. The molecule has 14 N–H and O–H groups in total. The molecule has 2 aromatic rings. The second-order valence-corrected chi connectivity index (χ2v) is 10.0. The molecule has 0 spiro atoms. The maximum atomic E-state index is 13.4. The van der Waals surface area contributed by atoms with Crippen LogP contribution in [0.3, 0.4) is 0 Å². The van der Waals surface area contributed by atoms with Gasteiger partial charge in [-0.05, 0) is 56.3 Å². The van der Waals surface area contributed by atoms with Gasteiger partial charge >= 0.3 is 5.97 Å². The Balaban J connectivity index is 2.17. The van der Waals surface area contributed by atoms with Crippen molar-refractivity contribution in [2.75, 3.05) is 13.1 Å². The van der Waals surface area contributed by atoms with Crippen LogP contribution in [0.15, 0.2) is 41.8 Å². The number of H-pyrrole nitrogens is 1. The number of unbranched alkanes of at least 4 members (excludes halogenated alkanes) is 1. The highest BCUT2D eigenvalue weighted by atomic mass is 16.4. The molecule has 1 aromatic carbocycles. The van der Waals surface area contributed by atoms with Gasteiger partial charge in [0.05, 0.1) is 12.4 Å². The van der Waals surface area contributed by atoms with Crippen LogP contribution in [-0.2, 0) is 32.0 Å². The molecule has 1 heterocycles. The Kier molecular flexibility index (Phi) is 14.4. The summed E-state index contributed by atoms with van der Waals surface area (Å²) in [4.78, 5) is 62.2. The van der Waals surface area contributed by atoms with E-state index in [9.17, 15) is 29.4 Å². The second kappa shape index (κ2) is 18.0. The second-order valence-electron chi connectivity index (χ2n) is 10.0. The number of nitrogens with one attached hydrogen (secondary N) is 4. The van der Waals surface area contributed by atoms with Crippen molar-refractivity contribution in [3.05, 3.63) is 48.0 Å². The highest BCUT2D eigenvalue weighted by molar-refractivity contribution is 5.94. The van der Waals surface area contributed by atoms with Gasteiger partial charge in [-0.1, -0.05) is 12.1 Å². The molecular formula is C27H42N10O6. The number of rotatable bonds is 19. The predicted molar refractivity (Wildman–Crippen MR) is 158 cm³/mol. The number of benzene rings is 1. The topological polar surface area (TPSA) is 290 Å². The lowest BCUT2D eigenvalue weighted by molar-refractivity contribution is -0.142. The largest absolute Gasteiger partial charge is 0.508 e. The average Bonchev–Trinajstić information content (AvgIpc) is 3.47. The molecule has 1 aromatic heterocycles. The number of carboxylic acid groups (broad SMARTS) is 1. The van der Waals surface area contributed by atoms with Gasteiger partial charge in [0, 0.05) is 31.3 Å². The number of amides is 3. The van der Waals surface area contributed by atoms with Gasteiger partial charge in [-0.25, -0.2) is 9.78 Å². The number of hydrogen-bond donors (Lipinski definition) is 10. The number of aromatic hydroxyl groups is 1. The summed E-state index contributed by atoms with van der Waals surface area (Å²) in [5, 5.41) is 27.0. The number of aliphatic carboxylic acids is 1. The van der Waals surface area contributed by atoms with Crippen LogP contribution >= 0.6 is 0 Å². The quantitative estimate of drug-likeness (QED) is 0.0474. The van der Waals surface area contributed by atoms with Crippen molar-refractivity contribution in [2.24, 2.45) is 27.9 Å². The molecule has 43 heavy (non-hydrogen) atoms. The molecule has 3 amide bonds. The van der Waals surface area contributed by atoms with Crippen LogP contribution in [-0.4, -0.2) is 87.1 Å². The fourth-order valence-corrected chi connectivity index (χ4v) is 4.15. The third-order valence-corrected chi connectivity index (χ3v) is 6.48. The molecule has 236 valence electrons.